The number of rotatable bonds is 13. The lowest BCUT2D eigenvalue weighted by Gasteiger charge is -2.28. The van der Waals surface area contributed by atoms with Gasteiger partial charge in [-0.3, -0.25) is 13.9 Å². The van der Waals surface area contributed by atoms with Gasteiger partial charge in [0.05, 0.1) is 0 Å². The average Bonchev–Trinajstić information content (AvgIpc) is 3.32. The summed E-state index contributed by atoms with van der Waals surface area (Å²) in [4.78, 5) is 16.8. The van der Waals surface area contributed by atoms with E-state index in [0.717, 1.165) is 68.3 Å². The van der Waals surface area contributed by atoms with Crippen molar-refractivity contribution in [1.82, 2.24) is 9.13 Å². The van der Waals surface area contributed by atoms with Gasteiger partial charge in [0, 0.05) is 48.7 Å². The highest BCUT2D eigenvalue weighted by molar-refractivity contribution is 7.71. The number of nitrogens with one attached hydrogen (secondary N) is 1. The maximum Gasteiger partial charge on any atom is 0.266 e. The van der Waals surface area contributed by atoms with Crippen molar-refractivity contribution in [2.24, 2.45) is 0 Å². The first-order valence-electron chi connectivity index (χ1n) is 19.0. The second kappa shape index (κ2) is 16.1. The van der Waals surface area contributed by atoms with E-state index in [1.54, 1.807) is 9.13 Å². The maximum atomic E-state index is 14.3. The maximum absolute atomic E-state index is 14.3. The minimum atomic E-state index is -0.233. The Labute approximate surface area is 310 Å². The largest absolute Gasteiger partial charge is 0.494 e. The predicted molar refractivity (Wildman–Crippen MR) is 219 cm³/mol. The Bertz CT molecular complexity index is 1990. The molecule has 0 unspecified atom stereocenters. The van der Waals surface area contributed by atoms with E-state index in [-0.39, 0.29) is 22.3 Å². The van der Waals surface area contributed by atoms with Crippen molar-refractivity contribution in [2.45, 2.75) is 118 Å². The molecule has 0 saturated heterocycles. The molecule has 0 radical (unpaired) electrons. The molecule has 2 N–H and O–H groups in total. The van der Waals surface area contributed by atoms with Crippen LogP contribution in [0.5, 0.6) is 5.88 Å². The number of hydrogen-bond acceptors (Lipinski definition) is 5. The van der Waals surface area contributed by atoms with Crippen LogP contribution in [0.25, 0.3) is 5.57 Å². The summed E-state index contributed by atoms with van der Waals surface area (Å²) in [6, 6.07) is 17.3. The number of aromatic hydroxyl groups is 1. The van der Waals surface area contributed by atoms with Crippen LogP contribution in [0.2, 0.25) is 0 Å². The van der Waals surface area contributed by atoms with Crippen molar-refractivity contribution in [2.75, 3.05) is 23.3 Å². The van der Waals surface area contributed by atoms with Gasteiger partial charge >= 0.3 is 0 Å². The number of para-hydroxylation sites is 2. The van der Waals surface area contributed by atoms with E-state index in [1.165, 1.54) is 28.2 Å². The van der Waals surface area contributed by atoms with Crippen LogP contribution in [0.3, 0.4) is 0 Å². The van der Waals surface area contributed by atoms with Crippen LogP contribution in [0, 0.1) is 4.77 Å². The van der Waals surface area contributed by atoms with Crippen LogP contribution in [0.15, 0.2) is 94.5 Å². The summed E-state index contributed by atoms with van der Waals surface area (Å²) in [6.45, 7) is 20.2. The summed E-state index contributed by atoms with van der Waals surface area (Å²) in [5.74, 6) is -0.0454. The smallest absolute Gasteiger partial charge is 0.266 e. The SMILES string of the molecule is CCCNc1ccccc1C(C)(C)C/C=C/C1=C(c2c(O)n(CC)c(=S)n(CC)c2=O)C(=C/C=C2/N(CCC)c3ccccc3C2(C)C)/CCC1. The molecule has 6 nitrogen and oxygen atoms in total. The molecule has 7 heteroatoms. The highest BCUT2D eigenvalue weighted by atomic mass is 32.1. The average molecular weight is 707 g/mol. The van der Waals surface area contributed by atoms with Gasteiger partial charge in [0.1, 0.15) is 5.56 Å². The fourth-order valence-corrected chi connectivity index (χ4v) is 8.36. The minimum absolute atomic E-state index is 0.0454. The van der Waals surface area contributed by atoms with E-state index < -0.39 is 0 Å². The van der Waals surface area contributed by atoms with Gasteiger partial charge in [-0.15, -0.1) is 0 Å². The van der Waals surface area contributed by atoms with E-state index in [1.807, 2.05) is 13.8 Å². The fraction of sp³-hybridized carbons (Fsp3) is 0.455. The molecular formula is C44H58N4O2S. The lowest BCUT2D eigenvalue weighted by Crippen LogP contribution is -2.29. The molecule has 0 amide bonds. The molecule has 2 heterocycles. The molecule has 0 saturated carbocycles. The molecule has 2 aliphatic rings. The number of anilines is 2. The van der Waals surface area contributed by atoms with Gasteiger partial charge in [0.25, 0.3) is 5.56 Å². The lowest BCUT2D eigenvalue weighted by atomic mass is 9.79. The summed E-state index contributed by atoms with van der Waals surface area (Å²) < 4.78 is 3.67. The molecule has 0 bridgehead atoms. The van der Waals surface area contributed by atoms with Crippen molar-refractivity contribution >= 4 is 29.2 Å². The zero-order chi connectivity index (χ0) is 36.9. The number of nitrogens with zero attached hydrogens (tertiary/aromatic N) is 3. The number of benzene rings is 2. The summed E-state index contributed by atoms with van der Waals surface area (Å²) in [5, 5.41) is 15.4. The summed E-state index contributed by atoms with van der Waals surface area (Å²) in [7, 11) is 0. The van der Waals surface area contributed by atoms with Gasteiger partial charge in [-0.05, 0) is 116 Å². The second-order valence-electron chi connectivity index (χ2n) is 15.0. The van der Waals surface area contributed by atoms with E-state index in [4.69, 9.17) is 12.2 Å². The zero-order valence-corrected chi connectivity index (χ0v) is 32.9. The number of fused-ring (bicyclic) bond motifs is 1. The van der Waals surface area contributed by atoms with Gasteiger partial charge in [-0.1, -0.05) is 96.2 Å². The predicted octanol–water partition coefficient (Wildman–Crippen LogP) is 10.8. The highest BCUT2D eigenvalue weighted by Crippen LogP contribution is 2.48. The summed E-state index contributed by atoms with van der Waals surface area (Å²) in [5.41, 5.74) is 9.12. The third kappa shape index (κ3) is 7.46. The molecular weight excluding hydrogens is 649 g/mol. The van der Waals surface area contributed by atoms with Crippen LogP contribution in [0.4, 0.5) is 11.4 Å². The van der Waals surface area contributed by atoms with E-state index in [2.05, 4.69) is 125 Å². The fourth-order valence-electron chi connectivity index (χ4n) is 7.93. The molecule has 1 aliphatic carbocycles. The molecule has 0 fully saturated rings. The molecule has 272 valence electrons. The summed E-state index contributed by atoms with van der Waals surface area (Å²) in [6.07, 6.45) is 14.5. The Balaban J connectivity index is 1.67. The lowest BCUT2D eigenvalue weighted by molar-refractivity contribution is 0.398. The normalized spacial score (nSPS) is 17.6. The Morgan fingerprint density at radius 2 is 1.65 bits per heavy atom. The number of aromatic nitrogens is 2. The van der Waals surface area contributed by atoms with Gasteiger partial charge in [0.15, 0.2) is 4.77 Å². The van der Waals surface area contributed by atoms with Gasteiger partial charge < -0.3 is 15.3 Å². The van der Waals surface area contributed by atoms with Crippen molar-refractivity contribution in [1.29, 1.82) is 0 Å². The van der Waals surface area contributed by atoms with Crippen LogP contribution in [-0.4, -0.2) is 27.3 Å². The molecule has 2 aromatic carbocycles. The highest BCUT2D eigenvalue weighted by Gasteiger charge is 2.39. The number of allylic oxidation sites excluding steroid dienone is 8. The van der Waals surface area contributed by atoms with Crippen molar-refractivity contribution < 1.29 is 5.11 Å². The Kier molecular flexibility index (Phi) is 12.0. The Morgan fingerprint density at radius 3 is 2.35 bits per heavy atom. The first-order chi connectivity index (χ1) is 24.4. The molecule has 51 heavy (non-hydrogen) atoms. The van der Waals surface area contributed by atoms with Gasteiger partial charge in [-0.25, -0.2) is 0 Å². The van der Waals surface area contributed by atoms with Crippen LogP contribution in [-0.2, 0) is 23.9 Å². The third-order valence-corrected chi connectivity index (χ3v) is 11.1. The molecule has 5 rings (SSSR count). The molecule has 1 aromatic heterocycles. The topological polar surface area (TPSA) is 62.4 Å². The van der Waals surface area contributed by atoms with Crippen LogP contribution < -0.4 is 15.8 Å². The van der Waals surface area contributed by atoms with Crippen molar-refractivity contribution in [3.05, 3.63) is 121 Å². The first kappa shape index (κ1) is 38.1. The van der Waals surface area contributed by atoms with Gasteiger partial charge in [0.2, 0.25) is 5.88 Å². The second-order valence-corrected chi connectivity index (χ2v) is 15.4. The van der Waals surface area contributed by atoms with E-state index >= 15 is 0 Å². The Morgan fingerprint density at radius 1 is 0.941 bits per heavy atom. The quantitative estimate of drug-likeness (QED) is 0.173. The van der Waals surface area contributed by atoms with E-state index in [9.17, 15) is 9.90 Å². The molecule has 1 aliphatic heterocycles. The van der Waals surface area contributed by atoms with Crippen molar-refractivity contribution in [3.8, 4) is 5.88 Å². The molecule has 0 spiro atoms. The van der Waals surface area contributed by atoms with Gasteiger partial charge in [-0.2, -0.15) is 0 Å². The van der Waals surface area contributed by atoms with E-state index in [0.29, 0.717) is 23.4 Å². The molecule has 0 atom stereocenters. The summed E-state index contributed by atoms with van der Waals surface area (Å²) >= 11 is 5.70. The number of hydrogen-bond donors (Lipinski definition) is 2. The Hall–Kier alpha value is -4.10. The van der Waals surface area contributed by atoms with Crippen LogP contribution in [0.1, 0.15) is 111 Å². The molecule has 3 aromatic rings. The minimum Gasteiger partial charge on any atom is -0.494 e. The van der Waals surface area contributed by atoms with Crippen molar-refractivity contribution in [3.63, 3.8) is 0 Å². The monoisotopic (exact) mass is 706 g/mol. The first-order valence-corrected chi connectivity index (χ1v) is 19.4. The third-order valence-electron chi connectivity index (χ3n) is 10.7. The zero-order valence-electron chi connectivity index (χ0n) is 32.1. The van der Waals surface area contributed by atoms with Crippen LogP contribution >= 0.6 is 12.2 Å². The standard InChI is InChI=1S/C44H58N4O2S/c1-9-29-45-35-24-15-13-22-33(35)43(5,6)28-18-21-31-19-17-20-32(38(31)39-40(49)46(11-3)42(51)47(12-4)41(39)50)26-27-37-44(7,8)34-23-14-16-25-36(34)48(37)30-10-2/h13-16,18,21-27,45,49H,9-12,17,19-20,28-30H2,1-8H3/b21-18+,32-26+,37-27+.